The lowest BCUT2D eigenvalue weighted by Gasteiger charge is -2.28. The Morgan fingerprint density at radius 3 is 2.12 bits per heavy atom. The van der Waals surface area contributed by atoms with Crippen molar-refractivity contribution in [1.29, 1.82) is 0 Å². The van der Waals surface area contributed by atoms with Crippen LogP contribution in [0.1, 0.15) is 69.4 Å². The summed E-state index contributed by atoms with van der Waals surface area (Å²) < 4.78 is 11.8. The maximum absolute atomic E-state index is 12.2. The van der Waals surface area contributed by atoms with Crippen molar-refractivity contribution in [1.82, 2.24) is 0 Å². The number of hydrogen-bond donors (Lipinski definition) is 0. The van der Waals surface area contributed by atoms with Gasteiger partial charge >= 0.3 is 5.97 Å². The molecule has 0 radical (unpaired) electrons. The molecule has 0 heterocycles. The molecule has 2 aromatic rings. The lowest BCUT2D eigenvalue weighted by Crippen LogP contribution is -2.43. The minimum absolute atomic E-state index is 0.161. The highest BCUT2D eigenvalue weighted by Crippen LogP contribution is 2.16. The smallest absolute Gasteiger partial charge is 0.361 e. The van der Waals surface area contributed by atoms with Gasteiger partial charge in [-0.25, -0.2) is 4.79 Å². The number of esters is 1. The number of carbonyl (C=O) groups is 1. The number of unbranched alkanes of at least 4 members (excludes halogenated alkanes) is 6. The van der Waals surface area contributed by atoms with Crippen molar-refractivity contribution in [2.24, 2.45) is 0 Å². The Hall–Kier alpha value is -2.33. The molecular weight excluding hydrogens is 410 g/mol. The van der Waals surface area contributed by atoms with Gasteiger partial charge in [0.15, 0.2) is 6.54 Å². The summed E-state index contributed by atoms with van der Waals surface area (Å²) in [4.78, 5) is 12.2. The van der Waals surface area contributed by atoms with Crippen molar-refractivity contribution in [2.75, 3.05) is 33.9 Å². The summed E-state index contributed by atoms with van der Waals surface area (Å²) in [6.45, 7) is 4.36. The number of benzene rings is 2. The molecule has 0 spiro atoms. The standard InChI is InChI=1S/C29H44NO3/c1-4-5-6-7-8-9-11-15-26-18-20-28(21-19-26)32-22-14-23-33-29(31)25-30(2,3)24-27-16-12-10-13-17-27/h10,12-13,16-21H,4-9,11,14-15,22-25H2,1-3H3/q+1. The van der Waals surface area contributed by atoms with Crippen molar-refractivity contribution < 1.29 is 18.8 Å². The van der Waals surface area contributed by atoms with Crippen molar-refractivity contribution in [3.05, 3.63) is 65.7 Å². The third-order valence-corrected chi connectivity index (χ3v) is 5.82. The van der Waals surface area contributed by atoms with E-state index in [0.717, 1.165) is 18.7 Å². The van der Waals surface area contributed by atoms with Gasteiger partial charge in [-0.2, -0.15) is 0 Å². The second-order valence-electron chi connectivity index (χ2n) is 9.68. The largest absolute Gasteiger partial charge is 0.493 e. The van der Waals surface area contributed by atoms with Gasteiger partial charge in [0.2, 0.25) is 0 Å². The second-order valence-corrected chi connectivity index (χ2v) is 9.68. The molecule has 0 saturated carbocycles. The number of aryl methyl sites for hydroxylation is 1. The van der Waals surface area contributed by atoms with Gasteiger partial charge in [-0.05, 0) is 30.5 Å². The summed E-state index contributed by atoms with van der Waals surface area (Å²) in [7, 11) is 4.10. The molecule has 4 nitrogen and oxygen atoms in total. The third-order valence-electron chi connectivity index (χ3n) is 5.82. The van der Waals surface area contributed by atoms with E-state index in [1.54, 1.807) is 0 Å². The molecule has 0 atom stereocenters. The van der Waals surface area contributed by atoms with Crippen LogP contribution in [-0.2, 0) is 22.5 Å². The summed E-state index contributed by atoms with van der Waals surface area (Å²) in [5.41, 5.74) is 2.60. The molecule has 0 aromatic heterocycles. The predicted octanol–water partition coefficient (Wildman–Crippen LogP) is 6.57. The molecule has 0 aliphatic carbocycles. The molecule has 0 bridgehead atoms. The van der Waals surface area contributed by atoms with Crippen LogP contribution in [0.5, 0.6) is 5.75 Å². The van der Waals surface area contributed by atoms with Crippen molar-refractivity contribution in [3.8, 4) is 5.75 Å². The van der Waals surface area contributed by atoms with E-state index >= 15 is 0 Å². The quantitative estimate of drug-likeness (QED) is 0.154. The highest BCUT2D eigenvalue weighted by Gasteiger charge is 2.21. The summed E-state index contributed by atoms with van der Waals surface area (Å²) in [6, 6.07) is 18.7. The number of rotatable bonds is 17. The Morgan fingerprint density at radius 2 is 1.42 bits per heavy atom. The summed E-state index contributed by atoms with van der Waals surface area (Å²) in [5, 5.41) is 0. The Balaban J connectivity index is 1.54. The first-order valence-electron chi connectivity index (χ1n) is 12.7. The zero-order valence-corrected chi connectivity index (χ0v) is 21.1. The van der Waals surface area contributed by atoms with Gasteiger partial charge in [-0.1, -0.05) is 87.9 Å². The van der Waals surface area contributed by atoms with Crippen molar-refractivity contribution in [2.45, 2.75) is 71.3 Å². The van der Waals surface area contributed by atoms with E-state index < -0.39 is 0 Å². The van der Waals surface area contributed by atoms with E-state index in [0.29, 0.717) is 30.7 Å². The van der Waals surface area contributed by atoms with Crippen molar-refractivity contribution >= 4 is 5.97 Å². The van der Waals surface area contributed by atoms with Crippen LogP contribution in [0, 0.1) is 0 Å². The second kappa shape index (κ2) is 15.5. The number of hydrogen-bond acceptors (Lipinski definition) is 3. The maximum Gasteiger partial charge on any atom is 0.361 e. The molecule has 182 valence electrons. The maximum atomic E-state index is 12.2. The lowest BCUT2D eigenvalue weighted by atomic mass is 10.0. The van der Waals surface area contributed by atoms with Crippen LogP contribution in [0.3, 0.4) is 0 Å². The third kappa shape index (κ3) is 12.5. The highest BCUT2D eigenvalue weighted by molar-refractivity contribution is 5.70. The Morgan fingerprint density at radius 1 is 0.758 bits per heavy atom. The van der Waals surface area contributed by atoms with Gasteiger partial charge in [0, 0.05) is 12.0 Å². The molecular formula is C29H44NO3+. The fraction of sp³-hybridized carbons (Fsp3) is 0.552. The van der Waals surface area contributed by atoms with E-state index in [1.807, 2.05) is 30.3 Å². The molecule has 0 fully saturated rings. The summed E-state index contributed by atoms with van der Waals surface area (Å²) in [6.07, 6.45) is 11.2. The Labute approximate surface area is 201 Å². The lowest BCUT2D eigenvalue weighted by molar-refractivity contribution is -0.896. The van der Waals surface area contributed by atoms with Crippen LogP contribution >= 0.6 is 0 Å². The molecule has 2 rings (SSSR count). The number of carbonyl (C=O) groups excluding carboxylic acids is 1. The van der Waals surface area contributed by atoms with Gasteiger partial charge in [0.25, 0.3) is 0 Å². The molecule has 0 aliphatic rings. The van der Waals surface area contributed by atoms with E-state index in [1.165, 1.54) is 56.1 Å². The minimum Gasteiger partial charge on any atom is -0.493 e. The number of ether oxygens (including phenoxy) is 2. The van der Waals surface area contributed by atoms with E-state index in [9.17, 15) is 4.79 Å². The van der Waals surface area contributed by atoms with Gasteiger partial charge in [0.05, 0.1) is 27.3 Å². The molecule has 0 N–H and O–H groups in total. The van der Waals surface area contributed by atoms with Gasteiger partial charge in [-0.3, -0.25) is 0 Å². The predicted molar refractivity (Wildman–Crippen MR) is 136 cm³/mol. The van der Waals surface area contributed by atoms with E-state index in [-0.39, 0.29) is 5.97 Å². The zero-order chi connectivity index (χ0) is 23.8. The molecule has 4 heteroatoms. The van der Waals surface area contributed by atoms with Gasteiger partial charge in [-0.15, -0.1) is 0 Å². The average Bonchev–Trinajstić information content (AvgIpc) is 2.79. The average molecular weight is 455 g/mol. The Bertz CT molecular complexity index is 771. The SMILES string of the molecule is CCCCCCCCCc1ccc(OCCCOC(=O)C[N+](C)(C)Cc2ccccc2)cc1. The first kappa shape index (κ1) is 26.9. The normalized spacial score (nSPS) is 11.4. The topological polar surface area (TPSA) is 35.5 Å². The van der Waals surface area contributed by atoms with E-state index in [2.05, 4.69) is 45.3 Å². The highest BCUT2D eigenvalue weighted by atomic mass is 16.5. The van der Waals surface area contributed by atoms with Crippen LogP contribution in [0.15, 0.2) is 54.6 Å². The molecule has 0 aliphatic heterocycles. The fourth-order valence-corrected chi connectivity index (χ4v) is 4.00. The van der Waals surface area contributed by atoms with Crippen molar-refractivity contribution in [3.63, 3.8) is 0 Å². The summed E-state index contributed by atoms with van der Waals surface area (Å²) >= 11 is 0. The monoisotopic (exact) mass is 454 g/mol. The van der Waals surface area contributed by atoms with Gasteiger partial charge < -0.3 is 14.0 Å². The zero-order valence-electron chi connectivity index (χ0n) is 21.1. The first-order chi connectivity index (χ1) is 16.0. The Kier molecular flexibility index (Phi) is 12.6. The van der Waals surface area contributed by atoms with Crippen LogP contribution in [-0.4, -0.2) is 44.3 Å². The number of likely N-dealkylation sites (N-methyl/N-ethyl adjacent to an activating group) is 1. The summed E-state index contributed by atoms with van der Waals surface area (Å²) in [5.74, 6) is 0.718. The minimum atomic E-state index is -0.161. The number of quaternary nitrogens is 1. The van der Waals surface area contributed by atoms with E-state index in [4.69, 9.17) is 9.47 Å². The molecule has 2 aromatic carbocycles. The molecule has 0 unspecified atom stereocenters. The van der Waals surface area contributed by atoms with Crippen LogP contribution < -0.4 is 4.74 Å². The fourth-order valence-electron chi connectivity index (χ4n) is 4.00. The van der Waals surface area contributed by atoms with Crippen LogP contribution in [0.4, 0.5) is 0 Å². The first-order valence-corrected chi connectivity index (χ1v) is 12.7. The molecule has 0 saturated heterocycles. The molecule has 33 heavy (non-hydrogen) atoms. The van der Waals surface area contributed by atoms with Gasteiger partial charge in [0.1, 0.15) is 12.3 Å². The number of nitrogens with zero attached hydrogens (tertiary/aromatic N) is 1. The molecule has 0 amide bonds. The van der Waals surface area contributed by atoms with Crippen LogP contribution in [0.2, 0.25) is 0 Å². The van der Waals surface area contributed by atoms with Crippen LogP contribution in [0.25, 0.3) is 0 Å².